The molecule has 6 aromatic carbocycles. The van der Waals surface area contributed by atoms with Crippen LogP contribution in [0.3, 0.4) is 0 Å². The maximum atomic E-state index is 4.58. The van der Waals surface area contributed by atoms with Gasteiger partial charge in [0, 0.05) is 39.8 Å². The van der Waals surface area contributed by atoms with E-state index in [1.54, 1.807) is 0 Å². The predicted octanol–water partition coefficient (Wildman–Crippen LogP) is 13.1. The predicted molar refractivity (Wildman–Crippen MR) is 223 cm³/mol. The van der Waals surface area contributed by atoms with Crippen molar-refractivity contribution in [2.45, 2.75) is 31.1 Å². The van der Waals surface area contributed by atoms with Crippen LogP contribution in [0.5, 0.6) is 0 Å². The van der Waals surface area contributed by atoms with Crippen LogP contribution in [0, 0.1) is 0 Å². The molecular formula is C51H37N3. The van der Waals surface area contributed by atoms with E-state index < -0.39 is 0 Å². The molecule has 11 rings (SSSR count). The van der Waals surface area contributed by atoms with E-state index >= 15 is 0 Å². The first kappa shape index (κ1) is 31.0. The molecule has 3 nitrogen and oxygen atoms in total. The number of hydrogen-bond donors (Lipinski definition) is 0. The van der Waals surface area contributed by atoms with Gasteiger partial charge in [-0.1, -0.05) is 110 Å². The number of rotatable bonds is 5. The first-order valence-electron chi connectivity index (χ1n) is 19.1. The van der Waals surface area contributed by atoms with Gasteiger partial charge >= 0.3 is 0 Å². The summed E-state index contributed by atoms with van der Waals surface area (Å²) in [5.74, 6) is 0. The number of nitrogens with zero attached hydrogens (tertiary/aromatic N) is 3. The first-order valence-corrected chi connectivity index (χ1v) is 19.1. The van der Waals surface area contributed by atoms with Gasteiger partial charge in [0.15, 0.2) is 0 Å². The van der Waals surface area contributed by atoms with E-state index in [0.717, 1.165) is 22.5 Å². The largest absolute Gasteiger partial charge is 0.308 e. The van der Waals surface area contributed by atoms with Crippen LogP contribution in [0.25, 0.3) is 83.3 Å². The second-order valence-electron chi connectivity index (χ2n) is 15.0. The van der Waals surface area contributed by atoms with E-state index in [4.69, 9.17) is 0 Å². The summed E-state index contributed by atoms with van der Waals surface area (Å²) in [4.78, 5) is 9.06. The third-order valence-corrected chi connectivity index (χ3v) is 12.1. The molecule has 256 valence electrons. The Morgan fingerprint density at radius 2 is 1.04 bits per heavy atom. The van der Waals surface area contributed by atoms with E-state index in [9.17, 15) is 0 Å². The van der Waals surface area contributed by atoms with Crippen molar-refractivity contribution in [3.05, 3.63) is 187 Å². The van der Waals surface area contributed by atoms with Gasteiger partial charge in [0.25, 0.3) is 0 Å². The molecule has 1 saturated carbocycles. The summed E-state index contributed by atoms with van der Waals surface area (Å²) in [5, 5.41) is 2.48. The number of benzene rings is 6. The van der Waals surface area contributed by atoms with Crippen molar-refractivity contribution in [1.82, 2.24) is 14.5 Å². The van der Waals surface area contributed by atoms with Gasteiger partial charge in [-0.25, -0.2) is 0 Å². The Balaban J connectivity index is 0.943. The zero-order valence-electron chi connectivity index (χ0n) is 29.9. The van der Waals surface area contributed by atoms with Crippen LogP contribution < -0.4 is 0 Å². The second kappa shape index (κ2) is 12.2. The van der Waals surface area contributed by atoms with Gasteiger partial charge in [-0.2, -0.15) is 0 Å². The molecule has 0 N–H and O–H groups in total. The zero-order valence-corrected chi connectivity index (χ0v) is 29.9. The molecular weight excluding hydrogens is 655 g/mol. The van der Waals surface area contributed by atoms with Crippen LogP contribution in [-0.2, 0) is 5.41 Å². The van der Waals surface area contributed by atoms with E-state index in [0.29, 0.717) is 0 Å². The Bertz CT molecular complexity index is 2820. The molecule has 0 saturated heterocycles. The Morgan fingerprint density at radius 3 is 1.74 bits per heavy atom. The average Bonchev–Trinajstić information content (AvgIpc) is 3.95. The van der Waals surface area contributed by atoms with Crippen molar-refractivity contribution in [2.75, 3.05) is 0 Å². The molecule has 1 spiro atoms. The molecule has 0 radical (unpaired) electrons. The van der Waals surface area contributed by atoms with Crippen molar-refractivity contribution in [2.24, 2.45) is 0 Å². The fourth-order valence-corrected chi connectivity index (χ4v) is 9.54. The van der Waals surface area contributed by atoms with Crippen LogP contribution in [-0.4, -0.2) is 14.5 Å². The quantitative estimate of drug-likeness (QED) is 0.180. The Hall–Kier alpha value is -6.58. The smallest absolute Gasteiger partial charge is 0.0724 e. The van der Waals surface area contributed by atoms with Gasteiger partial charge in [0.05, 0.1) is 22.9 Å². The third kappa shape index (κ3) is 4.82. The van der Waals surface area contributed by atoms with Gasteiger partial charge in [-0.05, 0) is 129 Å². The van der Waals surface area contributed by atoms with Crippen LogP contribution in [0.2, 0.25) is 0 Å². The highest BCUT2D eigenvalue weighted by atomic mass is 15.0. The lowest BCUT2D eigenvalue weighted by molar-refractivity contribution is 0.550. The Morgan fingerprint density at radius 1 is 0.444 bits per heavy atom. The van der Waals surface area contributed by atoms with Crippen molar-refractivity contribution < 1.29 is 0 Å². The fourth-order valence-electron chi connectivity index (χ4n) is 9.54. The van der Waals surface area contributed by atoms with E-state index in [-0.39, 0.29) is 5.41 Å². The van der Waals surface area contributed by atoms with Crippen LogP contribution in [0.15, 0.2) is 176 Å². The number of para-hydroxylation sites is 1. The topological polar surface area (TPSA) is 30.7 Å². The molecule has 3 heteroatoms. The summed E-state index contributed by atoms with van der Waals surface area (Å²) in [5.41, 5.74) is 19.0. The molecule has 9 aromatic rings. The summed E-state index contributed by atoms with van der Waals surface area (Å²) in [6.45, 7) is 0. The normalized spacial score (nSPS) is 14.1. The molecule has 2 aliphatic carbocycles. The maximum Gasteiger partial charge on any atom is 0.0724 e. The highest BCUT2D eigenvalue weighted by molar-refractivity contribution is 6.09. The maximum absolute atomic E-state index is 4.58. The molecule has 2 aliphatic rings. The highest BCUT2D eigenvalue weighted by Gasteiger charge is 2.45. The fraction of sp³-hybridized carbons (Fsp3) is 0.0980. The lowest BCUT2D eigenvalue weighted by Gasteiger charge is -2.27. The summed E-state index contributed by atoms with van der Waals surface area (Å²) >= 11 is 0. The number of fused-ring (bicyclic) bond motifs is 8. The third-order valence-electron chi connectivity index (χ3n) is 12.1. The minimum atomic E-state index is 0.0568. The van der Waals surface area contributed by atoms with Crippen molar-refractivity contribution in [3.8, 4) is 61.5 Å². The van der Waals surface area contributed by atoms with Gasteiger partial charge in [-0.15, -0.1) is 0 Å². The molecule has 1 fully saturated rings. The summed E-state index contributed by atoms with van der Waals surface area (Å²) in [6.07, 6.45) is 10.6. The Kier molecular flexibility index (Phi) is 7.03. The summed E-state index contributed by atoms with van der Waals surface area (Å²) < 4.78 is 2.33. The number of aromatic nitrogens is 3. The average molecular weight is 692 g/mol. The molecule has 0 bridgehead atoms. The highest BCUT2D eigenvalue weighted by Crippen LogP contribution is 2.58. The van der Waals surface area contributed by atoms with Gasteiger partial charge in [0.1, 0.15) is 0 Å². The lowest BCUT2D eigenvalue weighted by atomic mass is 9.75. The Labute approximate surface area is 315 Å². The zero-order chi connectivity index (χ0) is 35.6. The standard InChI is InChI=1S/C51H37N3/c1-2-15-49-44(13-1)45-24-28-52-33-50(45)54(49)41-20-16-34(17-21-41)38-18-22-42-43-23-19-39(32-47(43)51(46(42)31-38)25-4-5-26-51)36-10-7-9-35(29-36)37-11-8-12-40(30-37)48-14-3-6-27-53-48/h1-3,6-24,27-33H,4-5,25-26H2. The summed E-state index contributed by atoms with van der Waals surface area (Å²) in [6, 6.07) is 58.1. The monoisotopic (exact) mass is 691 g/mol. The second-order valence-corrected chi connectivity index (χ2v) is 15.0. The first-order chi connectivity index (χ1) is 26.7. The lowest BCUT2D eigenvalue weighted by Crippen LogP contribution is -2.20. The molecule has 3 heterocycles. The molecule has 0 amide bonds. The van der Waals surface area contributed by atoms with Crippen molar-refractivity contribution in [1.29, 1.82) is 0 Å². The van der Waals surface area contributed by atoms with Gasteiger partial charge in [-0.3, -0.25) is 9.97 Å². The number of pyridine rings is 2. The van der Waals surface area contributed by atoms with Crippen molar-refractivity contribution in [3.63, 3.8) is 0 Å². The van der Waals surface area contributed by atoms with Gasteiger partial charge in [0.2, 0.25) is 0 Å². The molecule has 0 aliphatic heterocycles. The molecule has 0 unspecified atom stereocenters. The SMILES string of the molecule is c1ccc(-c2cccc(-c3cccc(-c4ccc5c(c4)C4(CCCC4)c4cc(-c6ccc(-n7c8ccccc8c8ccncc87)cc6)ccc4-5)c3)c2)nc1. The minimum absolute atomic E-state index is 0.0568. The van der Waals surface area contributed by atoms with E-state index in [1.807, 2.05) is 30.7 Å². The van der Waals surface area contributed by atoms with Crippen LogP contribution >= 0.6 is 0 Å². The van der Waals surface area contributed by atoms with Gasteiger partial charge < -0.3 is 4.57 Å². The summed E-state index contributed by atoms with van der Waals surface area (Å²) in [7, 11) is 0. The molecule has 54 heavy (non-hydrogen) atoms. The molecule has 3 aromatic heterocycles. The van der Waals surface area contributed by atoms with E-state index in [2.05, 4.69) is 160 Å². The number of hydrogen-bond acceptors (Lipinski definition) is 2. The minimum Gasteiger partial charge on any atom is -0.308 e. The molecule has 0 atom stereocenters. The van der Waals surface area contributed by atoms with E-state index in [1.165, 1.54) is 97.6 Å². The van der Waals surface area contributed by atoms with Crippen molar-refractivity contribution >= 4 is 21.8 Å². The van der Waals surface area contributed by atoms with Crippen LogP contribution in [0.1, 0.15) is 36.8 Å². The van der Waals surface area contributed by atoms with Crippen LogP contribution in [0.4, 0.5) is 0 Å².